The Morgan fingerprint density at radius 1 is 0.870 bits per heavy atom. The average Bonchev–Trinajstić information content (AvgIpc) is 2.53. The lowest BCUT2D eigenvalue weighted by atomic mass is 10.0. The summed E-state index contributed by atoms with van der Waals surface area (Å²) in [6.07, 6.45) is 0.950. The highest BCUT2D eigenvalue weighted by atomic mass is 79.9. The minimum atomic E-state index is -0.530. The molecule has 1 unspecified atom stereocenters. The molecule has 0 radical (unpaired) electrons. The Hall–Kier alpha value is -1.16. The Bertz CT molecular complexity index is 515. The minimum absolute atomic E-state index is 0.0791. The molecule has 0 spiro atoms. The van der Waals surface area contributed by atoms with Crippen molar-refractivity contribution in [1.82, 2.24) is 4.90 Å². The van der Waals surface area contributed by atoms with Gasteiger partial charge in [0.2, 0.25) is 0 Å². The first-order chi connectivity index (χ1) is 11.1. The van der Waals surface area contributed by atoms with Gasteiger partial charge in [-0.15, -0.1) is 0 Å². The molecule has 0 aliphatic rings. The number of hydrogen-bond acceptors (Lipinski definition) is 2. The van der Waals surface area contributed by atoms with Crippen LogP contribution in [0.25, 0.3) is 0 Å². The maximum Gasteiger partial charge on any atom is 0.124 e. The van der Waals surface area contributed by atoms with Gasteiger partial charge in [0.15, 0.2) is 0 Å². The van der Waals surface area contributed by atoms with Crippen LogP contribution >= 0.6 is 15.9 Å². The van der Waals surface area contributed by atoms with Crippen molar-refractivity contribution >= 4 is 15.9 Å². The molecule has 2 nitrogen and oxygen atoms in total. The highest BCUT2D eigenvalue weighted by Crippen LogP contribution is 2.23. The van der Waals surface area contributed by atoms with Crippen LogP contribution in [-0.4, -0.2) is 21.1 Å². The number of nitrogens with zero attached hydrogens (tertiary/aromatic N) is 1. The third-order valence-electron chi connectivity index (χ3n) is 3.96. The van der Waals surface area contributed by atoms with Crippen LogP contribution in [0, 0.1) is 5.92 Å². The predicted molar refractivity (Wildman–Crippen MR) is 100 cm³/mol. The second-order valence-corrected chi connectivity index (χ2v) is 7.38. The molecule has 0 bridgehead atoms. The third kappa shape index (κ3) is 6.09. The lowest BCUT2D eigenvalue weighted by molar-refractivity contribution is 0.0792. The van der Waals surface area contributed by atoms with Gasteiger partial charge >= 0.3 is 0 Å². The lowest BCUT2D eigenvalue weighted by Gasteiger charge is -2.34. The van der Waals surface area contributed by atoms with E-state index < -0.39 is 5.01 Å². The fourth-order valence-corrected chi connectivity index (χ4v) is 3.39. The maximum atomic E-state index is 10.3. The van der Waals surface area contributed by atoms with E-state index in [9.17, 15) is 5.11 Å². The van der Waals surface area contributed by atoms with Gasteiger partial charge in [0.05, 0.1) is 0 Å². The van der Waals surface area contributed by atoms with Gasteiger partial charge < -0.3 is 5.11 Å². The molecule has 0 saturated heterocycles. The fourth-order valence-electron chi connectivity index (χ4n) is 2.84. The summed E-state index contributed by atoms with van der Waals surface area (Å²) in [6, 6.07) is 21.0. The van der Waals surface area contributed by atoms with Gasteiger partial charge in [0, 0.05) is 19.1 Å². The summed E-state index contributed by atoms with van der Waals surface area (Å²) < 4.78 is 0. The summed E-state index contributed by atoms with van der Waals surface area (Å²) in [7, 11) is 0. The van der Waals surface area contributed by atoms with Gasteiger partial charge in [-0.2, -0.15) is 0 Å². The smallest absolute Gasteiger partial charge is 0.124 e. The van der Waals surface area contributed by atoms with Crippen LogP contribution in [0.4, 0.5) is 0 Å². The minimum Gasteiger partial charge on any atom is -0.380 e. The van der Waals surface area contributed by atoms with Crippen molar-refractivity contribution in [2.24, 2.45) is 5.92 Å². The molecule has 0 aliphatic carbocycles. The van der Waals surface area contributed by atoms with Crippen molar-refractivity contribution in [3.8, 4) is 0 Å². The van der Waals surface area contributed by atoms with Crippen LogP contribution in [0.3, 0.4) is 0 Å². The van der Waals surface area contributed by atoms with Gasteiger partial charge in [-0.3, -0.25) is 4.90 Å². The number of alkyl halides is 1. The summed E-state index contributed by atoms with van der Waals surface area (Å²) in [5.74, 6) is 0.529. The first-order valence-corrected chi connectivity index (χ1v) is 9.12. The molecule has 0 aliphatic heterocycles. The predicted octanol–water partition coefficient (Wildman–Crippen LogP) is 4.82. The zero-order valence-electron chi connectivity index (χ0n) is 13.9. The Morgan fingerprint density at radius 2 is 1.30 bits per heavy atom. The van der Waals surface area contributed by atoms with E-state index in [0.717, 1.165) is 19.5 Å². The third-order valence-corrected chi connectivity index (χ3v) is 4.57. The number of aliphatic hydroxyl groups excluding tert-OH is 1. The van der Waals surface area contributed by atoms with Crippen LogP contribution in [0.2, 0.25) is 0 Å². The Balaban J connectivity index is 2.21. The summed E-state index contributed by atoms with van der Waals surface area (Å²) in [5.41, 5.74) is 2.54. The molecule has 0 amide bonds. The molecule has 2 aromatic rings. The summed E-state index contributed by atoms with van der Waals surface area (Å²) in [4.78, 5) is 2.37. The number of halogens is 1. The SMILES string of the molecule is CC(C)C[C@@H](C(O)Br)N(Cc1ccccc1)Cc1ccccc1. The molecule has 0 fully saturated rings. The van der Waals surface area contributed by atoms with E-state index in [1.807, 2.05) is 12.1 Å². The standard InChI is InChI=1S/C20H26BrNO/c1-16(2)13-19(20(21)23)22(14-17-9-5-3-6-10-17)15-18-11-7-4-8-12-18/h3-12,16,19-20,23H,13-15H2,1-2H3/t19-,20?/m0/s1. The molecule has 0 heterocycles. The first-order valence-electron chi connectivity index (χ1n) is 8.20. The molecule has 0 aromatic heterocycles. The van der Waals surface area contributed by atoms with Crippen molar-refractivity contribution < 1.29 is 5.11 Å². The van der Waals surface area contributed by atoms with Gasteiger partial charge in [-0.05, 0) is 23.5 Å². The quantitative estimate of drug-likeness (QED) is 0.668. The van der Waals surface area contributed by atoms with Crippen LogP contribution in [0.1, 0.15) is 31.4 Å². The van der Waals surface area contributed by atoms with Crippen molar-refractivity contribution in [1.29, 1.82) is 0 Å². The van der Waals surface area contributed by atoms with Crippen LogP contribution in [-0.2, 0) is 13.1 Å². The summed E-state index contributed by atoms with van der Waals surface area (Å²) >= 11 is 3.41. The molecule has 124 valence electrons. The fraction of sp³-hybridized carbons (Fsp3) is 0.400. The summed E-state index contributed by atoms with van der Waals surface area (Å²) in [6.45, 7) is 6.06. The van der Waals surface area contributed by atoms with Crippen LogP contribution < -0.4 is 0 Å². The number of aliphatic hydroxyl groups is 1. The normalized spacial score (nSPS) is 14.2. The highest BCUT2D eigenvalue weighted by Gasteiger charge is 2.25. The van der Waals surface area contributed by atoms with E-state index in [4.69, 9.17) is 0 Å². The van der Waals surface area contributed by atoms with E-state index in [-0.39, 0.29) is 6.04 Å². The molecule has 3 heteroatoms. The molecule has 2 atom stereocenters. The van der Waals surface area contributed by atoms with Crippen molar-refractivity contribution in [3.63, 3.8) is 0 Å². The van der Waals surface area contributed by atoms with Gasteiger partial charge in [-0.25, -0.2) is 0 Å². The molecular formula is C20H26BrNO. The van der Waals surface area contributed by atoms with Gasteiger partial charge in [-0.1, -0.05) is 90.4 Å². The Labute approximate surface area is 148 Å². The molecule has 1 N–H and O–H groups in total. The van der Waals surface area contributed by atoms with Crippen LogP contribution in [0.15, 0.2) is 60.7 Å². The molecule has 2 aromatic carbocycles. The number of hydrogen-bond donors (Lipinski definition) is 1. The van der Waals surface area contributed by atoms with Crippen LogP contribution in [0.5, 0.6) is 0 Å². The molecule has 0 saturated carbocycles. The Kier molecular flexibility index (Phi) is 7.28. The first kappa shape index (κ1) is 18.2. The zero-order valence-corrected chi connectivity index (χ0v) is 15.5. The number of benzene rings is 2. The van der Waals surface area contributed by atoms with Crippen molar-refractivity contribution in [3.05, 3.63) is 71.8 Å². The second-order valence-electron chi connectivity index (χ2n) is 6.45. The Morgan fingerprint density at radius 3 is 1.65 bits per heavy atom. The highest BCUT2D eigenvalue weighted by molar-refractivity contribution is 9.09. The summed E-state index contributed by atoms with van der Waals surface area (Å²) in [5, 5.41) is 9.73. The van der Waals surface area contributed by atoms with Gasteiger partial charge in [0.25, 0.3) is 0 Å². The topological polar surface area (TPSA) is 23.5 Å². The van der Waals surface area contributed by atoms with E-state index in [0.29, 0.717) is 5.92 Å². The second kappa shape index (κ2) is 9.21. The van der Waals surface area contributed by atoms with Crippen molar-refractivity contribution in [2.75, 3.05) is 0 Å². The maximum absolute atomic E-state index is 10.3. The van der Waals surface area contributed by atoms with E-state index in [1.165, 1.54) is 11.1 Å². The monoisotopic (exact) mass is 375 g/mol. The lowest BCUT2D eigenvalue weighted by Crippen LogP contribution is -2.41. The number of rotatable bonds is 8. The van der Waals surface area contributed by atoms with E-state index in [2.05, 4.69) is 83.2 Å². The van der Waals surface area contributed by atoms with E-state index in [1.54, 1.807) is 0 Å². The molecule has 23 heavy (non-hydrogen) atoms. The molecular weight excluding hydrogens is 350 g/mol. The zero-order chi connectivity index (χ0) is 16.7. The van der Waals surface area contributed by atoms with E-state index >= 15 is 0 Å². The van der Waals surface area contributed by atoms with Gasteiger partial charge in [0.1, 0.15) is 5.01 Å². The average molecular weight is 376 g/mol. The largest absolute Gasteiger partial charge is 0.380 e. The van der Waals surface area contributed by atoms with Crippen molar-refractivity contribution in [2.45, 2.75) is 44.4 Å². The molecule has 2 rings (SSSR count).